The molecule has 3 rings (SSSR count). The van der Waals surface area contributed by atoms with Gasteiger partial charge in [0.2, 0.25) is 11.8 Å². The molecular weight excluding hydrogens is 435 g/mol. The van der Waals surface area contributed by atoms with Crippen molar-refractivity contribution in [3.63, 3.8) is 0 Å². The van der Waals surface area contributed by atoms with Crippen LogP contribution in [0.5, 0.6) is 0 Å². The minimum atomic E-state index is -4.57. The van der Waals surface area contributed by atoms with E-state index in [1.54, 1.807) is 12.1 Å². The van der Waals surface area contributed by atoms with Crippen molar-refractivity contribution in [3.8, 4) is 0 Å². The van der Waals surface area contributed by atoms with E-state index in [2.05, 4.69) is 20.9 Å². The summed E-state index contributed by atoms with van der Waals surface area (Å²) in [5.74, 6) is -0.733. The van der Waals surface area contributed by atoms with E-state index in [-0.39, 0.29) is 23.2 Å². The van der Waals surface area contributed by atoms with Crippen molar-refractivity contribution in [2.45, 2.75) is 44.1 Å². The van der Waals surface area contributed by atoms with E-state index in [9.17, 15) is 22.8 Å². The highest BCUT2D eigenvalue weighted by molar-refractivity contribution is 6.30. The number of carbonyl (C=O) groups excluding carboxylic acids is 2. The first kappa shape index (κ1) is 22.8. The number of carbonyl (C=O) groups is 2. The summed E-state index contributed by atoms with van der Waals surface area (Å²) in [6.45, 7) is 1.63. The lowest BCUT2D eigenvalue weighted by Crippen LogP contribution is -2.52. The number of halogens is 4. The molecule has 166 valence electrons. The van der Waals surface area contributed by atoms with Crippen LogP contribution in [0, 0.1) is 0 Å². The molecule has 1 aliphatic carbocycles. The van der Waals surface area contributed by atoms with Gasteiger partial charge in [0.15, 0.2) is 0 Å². The third kappa shape index (κ3) is 5.65. The minimum absolute atomic E-state index is 0.0207. The smallest absolute Gasteiger partial charge is 0.354 e. The highest BCUT2D eigenvalue weighted by atomic mass is 35.5. The average molecular weight is 456 g/mol. The Morgan fingerprint density at radius 3 is 2.52 bits per heavy atom. The molecule has 1 unspecified atom stereocenters. The summed E-state index contributed by atoms with van der Waals surface area (Å²) in [5, 5.41) is 8.02. The van der Waals surface area contributed by atoms with Gasteiger partial charge in [0, 0.05) is 5.02 Å². The SMILES string of the molecule is CC(N)C(=O)NC1(C(=O)NCc2ccc(Nc3ccc(Cl)cc3C(F)(F)F)cn2)CC1. The molecule has 2 aromatic rings. The molecule has 1 aliphatic rings. The average Bonchev–Trinajstić information content (AvgIpc) is 3.48. The summed E-state index contributed by atoms with van der Waals surface area (Å²) >= 11 is 5.68. The van der Waals surface area contributed by atoms with Gasteiger partial charge in [-0.25, -0.2) is 0 Å². The highest BCUT2D eigenvalue weighted by Gasteiger charge is 2.51. The standard InChI is InChI=1S/C20H21ClF3N5O2/c1-11(25)17(30)29-19(6-7-19)18(31)27-9-13-3-4-14(10-26-13)28-16-5-2-12(21)8-15(16)20(22,23)24/h2-5,8,10-11,28H,6-7,9,25H2,1H3,(H,27,31)(H,29,30). The Hall–Kier alpha value is -2.85. The Kier molecular flexibility index (Phi) is 6.42. The summed E-state index contributed by atoms with van der Waals surface area (Å²) in [4.78, 5) is 28.3. The number of alkyl halides is 3. The molecule has 0 bridgehead atoms. The highest BCUT2D eigenvalue weighted by Crippen LogP contribution is 2.38. The van der Waals surface area contributed by atoms with Gasteiger partial charge in [-0.05, 0) is 50.1 Å². The Balaban J connectivity index is 1.61. The number of nitrogens with one attached hydrogen (secondary N) is 3. The molecule has 0 saturated heterocycles. The van der Waals surface area contributed by atoms with Crippen LogP contribution < -0.4 is 21.7 Å². The van der Waals surface area contributed by atoms with E-state index in [4.69, 9.17) is 17.3 Å². The number of aromatic nitrogens is 1. The zero-order chi connectivity index (χ0) is 22.8. The number of amides is 2. The fraction of sp³-hybridized carbons (Fsp3) is 0.350. The van der Waals surface area contributed by atoms with Crippen molar-refractivity contribution in [2.24, 2.45) is 5.73 Å². The van der Waals surface area contributed by atoms with Crippen LogP contribution in [0.3, 0.4) is 0 Å². The Labute approximate surface area is 181 Å². The fourth-order valence-electron chi connectivity index (χ4n) is 2.84. The van der Waals surface area contributed by atoms with Crippen molar-refractivity contribution >= 4 is 34.8 Å². The molecule has 0 aliphatic heterocycles. The first-order valence-corrected chi connectivity index (χ1v) is 9.82. The largest absolute Gasteiger partial charge is 0.418 e. The quantitative estimate of drug-likeness (QED) is 0.513. The topological polar surface area (TPSA) is 109 Å². The molecular formula is C20H21ClF3N5O2. The lowest BCUT2D eigenvalue weighted by Gasteiger charge is -2.18. The Morgan fingerprint density at radius 1 is 1.26 bits per heavy atom. The first-order valence-electron chi connectivity index (χ1n) is 9.45. The van der Waals surface area contributed by atoms with E-state index in [0.717, 1.165) is 6.07 Å². The van der Waals surface area contributed by atoms with Crippen LogP contribution in [0.25, 0.3) is 0 Å². The van der Waals surface area contributed by atoms with Crippen LogP contribution >= 0.6 is 11.6 Å². The van der Waals surface area contributed by atoms with Gasteiger partial charge < -0.3 is 21.7 Å². The number of rotatable bonds is 7. The summed E-state index contributed by atoms with van der Waals surface area (Å²) in [6, 6.07) is 5.85. The second-order valence-corrected chi connectivity index (χ2v) is 7.83. The molecule has 1 saturated carbocycles. The van der Waals surface area contributed by atoms with E-state index in [1.807, 2.05) is 0 Å². The number of benzene rings is 1. The zero-order valence-electron chi connectivity index (χ0n) is 16.5. The molecule has 1 aromatic heterocycles. The second-order valence-electron chi connectivity index (χ2n) is 7.39. The van der Waals surface area contributed by atoms with Gasteiger partial charge in [0.1, 0.15) is 5.54 Å². The summed E-state index contributed by atoms with van der Waals surface area (Å²) in [5.41, 5.74) is 4.38. The van der Waals surface area contributed by atoms with Gasteiger partial charge in [-0.1, -0.05) is 11.6 Å². The van der Waals surface area contributed by atoms with Crippen molar-refractivity contribution < 1.29 is 22.8 Å². The summed E-state index contributed by atoms with van der Waals surface area (Å²) in [7, 11) is 0. The summed E-state index contributed by atoms with van der Waals surface area (Å²) in [6.07, 6.45) is -2.16. The molecule has 31 heavy (non-hydrogen) atoms. The molecule has 1 aromatic carbocycles. The Bertz CT molecular complexity index is 976. The van der Waals surface area contributed by atoms with Crippen LogP contribution in [0.2, 0.25) is 5.02 Å². The fourth-order valence-corrected chi connectivity index (χ4v) is 3.01. The van der Waals surface area contributed by atoms with Crippen molar-refractivity contribution in [2.75, 3.05) is 5.32 Å². The molecule has 1 heterocycles. The van der Waals surface area contributed by atoms with Crippen molar-refractivity contribution in [1.82, 2.24) is 15.6 Å². The van der Waals surface area contributed by atoms with Crippen molar-refractivity contribution in [3.05, 3.63) is 52.8 Å². The second kappa shape index (κ2) is 8.72. The van der Waals surface area contributed by atoms with E-state index < -0.39 is 29.2 Å². The van der Waals surface area contributed by atoms with Gasteiger partial charge in [-0.2, -0.15) is 13.2 Å². The molecule has 0 spiro atoms. The molecule has 2 amide bonds. The van der Waals surface area contributed by atoms with Gasteiger partial charge in [0.25, 0.3) is 0 Å². The van der Waals surface area contributed by atoms with E-state index in [1.165, 1.54) is 25.3 Å². The van der Waals surface area contributed by atoms with Crippen LogP contribution in [0.4, 0.5) is 24.5 Å². The Morgan fingerprint density at radius 2 is 1.97 bits per heavy atom. The van der Waals surface area contributed by atoms with Crippen LogP contribution in [-0.4, -0.2) is 28.4 Å². The monoisotopic (exact) mass is 455 g/mol. The molecule has 1 fully saturated rings. The minimum Gasteiger partial charge on any atom is -0.354 e. The molecule has 11 heteroatoms. The number of anilines is 2. The maximum Gasteiger partial charge on any atom is 0.418 e. The van der Waals surface area contributed by atoms with Crippen LogP contribution in [0.15, 0.2) is 36.5 Å². The number of hydrogen-bond donors (Lipinski definition) is 4. The zero-order valence-corrected chi connectivity index (χ0v) is 17.3. The van der Waals surface area contributed by atoms with Crippen molar-refractivity contribution in [1.29, 1.82) is 0 Å². The van der Waals surface area contributed by atoms with E-state index >= 15 is 0 Å². The van der Waals surface area contributed by atoms with Crippen LogP contribution in [-0.2, 0) is 22.3 Å². The van der Waals surface area contributed by atoms with Gasteiger partial charge >= 0.3 is 6.18 Å². The third-order valence-corrected chi connectivity index (χ3v) is 5.02. The predicted octanol–water partition coefficient (Wildman–Crippen LogP) is 3.11. The van der Waals surface area contributed by atoms with Gasteiger partial charge in [-0.15, -0.1) is 0 Å². The molecule has 0 radical (unpaired) electrons. The van der Waals surface area contributed by atoms with Crippen LogP contribution in [0.1, 0.15) is 31.0 Å². The predicted molar refractivity (Wildman–Crippen MR) is 110 cm³/mol. The van der Waals surface area contributed by atoms with Gasteiger partial charge in [-0.3, -0.25) is 14.6 Å². The normalized spacial score (nSPS) is 15.7. The molecule has 7 nitrogen and oxygen atoms in total. The number of nitrogens with two attached hydrogens (primary N) is 1. The summed E-state index contributed by atoms with van der Waals surface area (Å²) < 4.78 is 39.6. The maximum absolute atomic E-state index is 13.2. The van der Waals surface area contributed by atoms with E-state index in [0.29, 0.717) is 24.2 Å². The number of nitrogens with zero attached hydrogens (tertiary/aromatic N) is 1. The van der Waals surface area contributed by atoms with Gasteiger partial charge in [0.05, 0.1) is 41.4 Å². The first-order chi connectivity index (χ1) is 14.5. The lowest BCUT2D eigenvalue weighted by molar-refractivity contribution is -0.137. The number of pyridine rings is 1. The lowest BCUT2D eigenvalue weighted by atomic mass is 10.1. The third-order valence-electron chi connectivity index (χ3n) is 4.78. The molecule has 1 atom stereocenters. The molecule has 5 N–H and O–H groups in total. The maximum atomic E-state index is 13.2. The number of hydrogen-bond acceptors (Lipinski definition) is 5.